The number of para-hydroxylation sites is 2. The van der Waals surface area contributed by atoms with Gasteiger partial charge < -0.3 is 4.42 Å². The second kappa shape index (κ2) is 6.68. The fourth-order valence-corrected chi connectivity index (χ4v) is 3.55. The Kier molecular flexibility index (Phi) is 4.07. The van der Waals surface area contributed by atoms with Crippen LogP contribution in [0.15, 0.2) is 70.7 Å². The maximum Gasteiger partial charge on any atom is 0.227 e. The number of benzene rings is 2. The number of fused-ring (bicyclic) bond motifs is 1. The Bertz CT molecular complexity index is 1150. The van der Waals surface area contributed by atoms with Gasteiger partial charge in [0.05, 0.1) is 0 Å². The Morgan fingerprint density at radius 2 is 1.65 bits per heavy atom. The molecule has 5 heteroatoms. The summed E-state index contributed by atoms with van der Waals surface area (Å²) in [6, 6.07) is 23.3. The maximum absolute atomic E-state index is 8.85. The van der Waals surface area contributed by atoms with Crippen LogP contribution < -0.4 is 0 Å². The summed E-state index contributed by atoms with van der Waals surface area (Å²) in [5.74, 6) is 0.597. The molecule has 4 nitrogen and oxygen atoms in total. The first-order chi connectivity index (χ1) is 12.8. The van der Waals surface area contributed by atoms with Crippen molar-refractivity contribution in [2.45, 2.75) is 0 Å². The molecule has 0 aliphatic heterocycles. The molecule has 0 aliphatic rings. The van der Waals surface area contributed by atoms with Gasteiger partial charge in [0.15, 0.2) is 5.58 Å². The van der Waals surface area contributed by atoms with Gasteiger partial charge in [-0.15, -0.1) is 11.3 Å². The zero-order valence-corrected chi connectivity index (χ0v) is 14.3. The third kappa shape index (κ3) is 3.00. The highest BCUT2D eigenvalue weighted by Gasteiger charge is 2.09. The monoisotopic (exact) mass is 353 g/mol. The van der Waals surface area contributed by atoms with E-state index in [9.17, 15) is 0 Å². The van der Waals surface area contributed by atoms with E-state index in [-0.39, 0.29) is 5.57 Å². The fraction of sp³-hybridized carbons (Fsp3) is 0. The van der Waals surface area contributed by atoms with E-state index in [4.69, 9.17) is 14.9 Å². The molecule has 122 valence electrons. The number of hydrogen-bond acceptors (Lipinski definition) is 5. The molecular weight excluding hydrogens is 342 g/mol. The minimum absolute atomic E-state index is 0.102. The number of aromatic nitrogens is 1. The summed E-state index contributed by atoms with van der Waals surface area (Å²) in [6.07, 6.45) is 1.60. The Balaban J connectivity index is 1.62. The van der Waals surface area contributed by atoms with Crippen molar-refractivity contribution in [1.29, 1.82) is 10.5 Å². The van der Waals surface area contributed by atoms with E-state index >= 15 is 0 Å². The SMILES string of the molecule is N#CC(C#N)=Cc1ccc(-c2ccc(-c3nc4ccccc4o3)cc2)s1. The molecule has 0 saturated heterocycles. The lowest BCUT2D eigenvalue weighted by Gasteiger charge is -1.99. The molecule has 0 fully saturated rings. The summed E-state index contributed by atoms with van der Waals surface area (Å²) in [5, 5.41) is 17.7. The molecule has 0 radical (unpaired) electrons. The molecule has 0 amide bonds. The lowest BCUT2D eigenvalue weighted by Crippen LogP contribution is -1.78. The van der Waals surface area contributed by atoms with Gasteiger partial charge in [-0.3, -0.25) is 0 Å². The van der Waals surface area contributed by atoms with Crippen LogP contribution in [0.3, 0.4) is 0 Å². The van der Waals surface area contributed by atoms with Crippen molar-refractivity contribution in [2.24, 2.45) is 0 Å². The normalized spacial score (nSPS) is 10.2. The Morgan fingerprint density at radius 1 is 0.923 bits per heavy atom. The topological polar surface area (TPSA) is 73.6 Å². The first-order valence-corrected chi connectivity index (χ1v) is 8.66. The molecule has 2 aromatic heterocycles. The highest BCUT2D eigenvalue weighted by Crippen LogP contribution is 2.31. The van der Waals surface area contributed by atoms with E-state index in [1.165, 1.54) is 11.3 Å². The minimum Gasteiger partial charge on any atom is -0.436 e. The molecule has 0 atom stereocenters. The van der Waals surface area contributed by atoms with Crippen LogP contribution in [0.1, 0.15) is 4.88 Å². The van der Waals surface area contributed by atoms with Gasteiger partial charge in [-0.05, 0) is 48.0 Å². The standard InChI is InChI=1S/C21H11N3OS/c22-12-14(13-23)11-17-9-10-20(26-17)15-5-7-16(8-6-15)21-24-18-3-1-2-4-19(18)25-21/h1-11H. The molecule has 0 spiro atoms. The largest absolute Gasteiger partial charge is 0.436 e. The molecule has 0 unspecified atom stereocenters. The van der Waals surface area contributed by atoms with E-state index in [0.29, 0.717) is 5.89 Å². The second-order valence-electron chi connectivity index (χ2n) is 5.55. The Labute approximate surface area is 153 Å². The van der Waals surface area contributed by atoms with Crippen LogP contribution in [0.5, 0.6) is 0 Å². The first kappa shape index (κ1) is 15.8. The van der Waals surface area contributed by atoms with Gasteiger partial charge in [-0.25, -0.2) is 4.98 Å². The summed E-state index contributed by atoms with van der Waals surface area (Å²) < 4.78 is 5.79. The number of oxazole rings is 1. The van der Waals surface area contributed by atoms with E-state index in [2.05, 4.69) is 4.98 Å². The third-order valence-corrected chi connectivity index (χ3v) is 4.95. The molecule has 0 N–H and O–H groups in total. The maximum atomic E-state index is 8.85. The van der Waals surface area contributed by atoms with Crippen LogP contribution in [0.25, 0.3) is 39.1 Å². The number of allylic oxidation sites excluding steroid dienone is 1. The van der Waals surface area contributed by atoms with Crippen LogP contribution in [0.4, 0.5) is 0 Å². The van der Waals surface area contributed by atoms with E-state index < -0.39 is 0 Å². The van der Waals surface area contributed by atoms with E-state index in [1.54, 1.807) is 6.08 Å². The summed E-state index contributed by atoms with van der Waals surface area (Å²) in [6.45, 7) is 0. The summed E-state index contributed by atoms with van der Waals surface area (Å²) in [4.78, 5) is 6.45. The molecule has 4 rings (SSSR count). The van der Waals surface area contributed by atoms with Crippen molar-refractivity contribution in [3.63, 3.8) is 0 Å². The molecule has 0 bridgehead atoms. The van der Waals surface area contributed by atoms with Crippen LogP contribution in [0, 0.1) is 22.7 Å². The van der Waals surface area contributed by atoms with Crippen molar-refractivity contribution in [3.8, 4) is 34.0 Å². The summed E-state index contributed by atoms with van der Waals surface area (Å²) in [7, 11) is 0. The van der Waals surface area contributed by atoms with Crippen molar-refractivity contribution in [1.82, 2.24) is 4.98 Å². The number of hydrogen-bond donors (Lipinski definition) is 0. The van der Waals surface area contributed by atoms with Gasteiger partial charge in [-0.2, -0.15) is 10.5 Å². The highest BCUT2D eigenvalue weighted by atomic mass is 32.1. The number of nitriles is 2. The number of rotatable bonds is 3. The van der Waals surface area contributed by atoms with Crippen LogP contribution >= 0.6 is 11.3 Å². The van der Waals surface area contributed by atoms with Gasteiger partial charge >= 0.3 is 0 Å². The average Bonchev–Trinajstić information content (AvgIpc) is 3.33. The second-order valence-corrected chi connectivity index (χ2v) is 6.66. The van der Waals surface area contributed by atoms with Crippen LogP contribution in [-0.2, 0) is 0 Å². The molecule has 0 saturated carbocycles. The highest BCUT2D eigenvalue weighted by molar-refractivity contribution is 7.16. The molecule has 2 aromatic carbocycles. The molecule has 26 heavy (non-hydrogen) atoms. The summed E-state index contributed by atoms with van der Waals surface area (Å²) in [5.41, 5.74) is 3.69. The number of thiophene rings is 1. The lowest BCUT2D eigenvalue weighted by molar-refractivity contribution is 0.620. The third-order valence-electron chi connectivity index (χ3n) is 3.86. The molecule has 2 heterocycles. The molecule has 0 aliphatic carbocycles. The van der Waals surface area contributed by atoms with E-state index in [0.717, 1.165) is 32.0 Å². The predicted molar refractivity (Wildman–Crippen MR) is 102 cm³/mol. The quantitative estimate of drug-likeness (QED) is 0.446. The van der Waals surface area contributed by atoms with Gasteiger partial charge in [0, 0.05) is 15.3 Å². The van der Waals surface area contributed by atoms with Gasteiger partial charge in [0.2, 0.25) is 5.89 Å². The number of nitrogens with zero attached hydrogens (tertiary/aromatic N) is 3. The lowest BCUT2D eigenvalue weighted by atomic mass is 10.1. The Hall–Kier alpha value is -3.67. The van der Waals surface area contributed by atoms with Crippen molar-refractivity contribution >= 4 is 28.5 Å². The van der Waals surface area contributed by atoms with Crippen LogP contribution in [-0.4, -0.2) is 4.98 Å². The molecular formula is C21H11N3OS. The zero-order chi connectivity index (χ0) is 17.9. The predicted octanol–water partition coefficient (Wildman–Crippen LogP) is 5.65. The zero-order valence-electron chi connectivity index (χ0n) is 13.5. The van der Waals surface area contributed by atoms with E-state index in [1.807, 2.05) is 72.8 Å². The van der Waals surface area contributed by atoms with Gasteiger partial charge in [-0.1, -0.05) is 24.3 Å². The van der Waals surface area contributed by atoms with Crippen molar-refractivity contribution in [2.75, 3.05) is 0 Å². The average molecular weight is 353 g/mol. The Morgan fingerprint density at radius 3 is 2.38 bits per heavy atom. The van der Waals surface area contributed by atoms with Crippen LogP contribution in [0.2, 0.25) is 0 Å². The van der Waals surface area contributed by atoms with Gasteiger partial charge in [0.1, 0.15) is 23.2 Å². The van der Waals surface area contributed by atoms with Crippen molar-refractivity contribution < 1.29 is 4.42 Å². The van der Waals surface area contributed by atoms with Gasteiger partial charge in [0.25, 0.3) is 0 Å². The smallest absolute Gasteiger partial charge is 0.227 e. The van der Waals surface area contributed by atoms with Crippen molar-refractivity contribution in [3.05, 3.63) is 71.1 Å². The first-order valence-electron chi connectivity index (χ1n) is 7.85. The summed E-state index contributed by atoms with van der Waals surface area (Å²) >= 11 is 1.53. The fourth-order valence-electron chi connectivity index (χ4n) is 2.59. The minimum atomic E-state index is 0.102. The molecule has 4 aromatic rings.